The van der Waals surface area contributed by atoms with E-state index in [1.165, 1.54) is 18.4 Å². The van der Waals surface area contributed by atoms with Crippen LogP contribution in [0.2, 0.25) is 0 Å². The highest BCUT2D eigenvalue weighted by molar-refractivity contribution is 5.97. The fourth-order valence-electron chi connectivity index (χ4n) is 4.04. The van der Waals surface area contributed by atoms with Crippen molar-refractivity contribution >= 4 is 5.71 Å². The lowest BCUT2D eigenvalue weighted by Gasteiger charge is -2.27. The molecule has 0 aliphatic carbocycles. The molecular weight excluding hydrogens is 378 g/mol. The van der Waals surface area contributed by atoms with Crippen LogP contribution < -0.4 is 4.74 Å². The summed E-state index contributed by atoms with van der Waals surface area (Å²) in [6.45, 7) is 3.42. The summed E-state index contributed by atoms with van der Waals surface area (Å²) in [5.74, 6) is 2.42. The molecule has 154 valence electrons. The smallest absolute Gasteiger partial charge is 0.173 e. The van der Waals surface area contributed by atoms with E-state index in [1.807, 2.05) is 36.5 Å². The highest BCUT2D eigenvalue weighted by Gasteiger charge is 2.21. The van der Waals surface area contributed by atoms with Gasteiger partial charge in [-0.05, 0) is 43.5 Å². The Balaban J connectivity index is 1.25. The molecule has 7 heteroatoms. The Labute approximate surface area is 175 Å². The monoisotopic (exact) mass is 403 g/mol. The van der Waals surface area contributed by atoms with E-state index >= 15 is 0 Å². The zero-order valence-corrected chi connectivity index (χ0v) is 17.2. The van der Waals surface area contributed by atoms with Gasteiger partial charge in [0.2, 0.25) is 0 Å². The summed E-state index contributed by atoms with van der Waals surface area (Å²) in [4.78, 5) is 16.4. The van der Waals surface area contributed by atoms with Gasteiger partial charge in [-0.2, -0.15) is 0 Å². The Morgan fingerprint density at radius 1 is 1.13 bits per heavy atom. The Morgan fingerprint density at radius 3 is 2.83 bits per heavy atom. The number of benzene rings is 1. The Bertz CT molecular complexity index is 1060. The van der Waals surface area contributed by atoms with Crippen molar-refractivity contribution in [1.82, 2.24) is 20.0 Å². The van der Waals surface area contributed by atoms with Crippen LogP contribution in [0.25, 0.3) is 11.3 Å². The predicted octanol–water partition coefficient (Wildman–Crippen LogP) is 3.67. The number of methoxy groups -OCH3 is 1. The van der Waals surface area contributed by atoms with Crippen molar-refractivity contribution < 1.29 is 9.26 Å². The lowest BCUT2D eigenvalue weighted by Crippen LogP contribution is -2.31. The maximum Gasteiger partial charge on any atom is 0.173 e. The molecule has 1 aromatic carbocycles. The molecule has 0 bridgehead atoms. The van der Waals surface area contributed by atoms with Gasteiger partial charge in [0.15, 0.2) is 11.6 Å². The molecule has 2 aliphatic heterocycles. The summed E-state index contributed by atoms with van der Waals surface area (Å²) in [7, 11) is 1.66. The minimum absolute atomic E-state index is 0.744. The van der Waals surface area contributed by atoms with Crippen LogP contribution in [0.3, 0.4) is 0 Å². The van der Waals surface area contributed by atoms with Gasteiger partial charge in [-0.3, -0.25) is 9.89 Å². The van der Waals surface area contributed by atoms with Gasteiger partial charge in [-0.25, -0.2) is 9.97 Å². The molecule has 2 aromatic heterocycles. The molecule has 0 atom stereocenters. The van der Waals surface area contributed by atoms with Gasteiger partial charge in [-0.15, -0.1) is 0 Å². The quantitative estimate of drug-likeness (QED) is 0.647. The van der Waals surface area contributed by atoms with E-state index < -0.39 is 0 Å². The number of fused-ring (bicyclic) bond motifs is 1. The van der Waals surface area contributed by atoms with Crippen molar-refractivity contribution in [3.8, 4) is 17.1 Å². The first-order valence-corrected chi connectivity index (χ1v) is 10.5. The van der Waals surface area contributed by atoms with Gasteiger partial charge >= 0.3 is 0 Å². The van der Waals surface area contributed by atoms with Crippen LogP contribution in [0.5, 0.6) is 5.75 Å². The van der Waals surface area contributed by atoms with E-state index in [4.69, 9.17) is 14.2 Å². The van der Waals surface area contributed by atoms with Gasteiger partial charge in [-0.1, -0.05) is 5.16 Å². The molecule has 3 aromatic rings. The van der Waals surface area contributed by atoms with E-state index in [2.05, 4.69) is 20.0 Å². The number of ether oxygens (including phenoxy) is 1. The summed E-state index contributed by atoms with van der Waals surface area (Å²) in [5.41, 5.74) is 5.34. The molecule has 30 heavy (non-hydrogen) atoms. The molecule has 0 unspecified atom stereocenters. The minimum atomic E-state index is 0.744. The number of aromatic nitrogens is 3. The lowest BCUT2D eigenvalue weighted by molar-refractivity contribution is 0.235. The second kappa shape index (κ2) is 8.36. The van der Waals surface area contributed by atoms with Crippen LogP contribution in [-0.2, 0) is 19.5 Å². The van der Waals surface area contributed by atoms with Crippen molar-refractivity contribution in [3.63, 3.8) is 0 Å². The lowest BCUT2D eigenvalue weighted by atomic mass is 10.1. The third-order valence-corrected chi connectivity index (χ3v) is 5.71. The number of hydrogen-bond donors (Lipinski definition) is 0. The molecule has 0 radical (unpaired) electrons. The van der Waals surface area contributed by atoms with Crippen molar-refractivity contribution in [1.29, 1.82) is 0 Å². The van der Waals surface area contributed by atoms with Crippen LogP contribution in [0.1, 0.15) is 42.0 Å². The van der Waals surface area contributed by atoms with Crippen molar-refractivity contribution in [2.75, 3.05) is 20.2 Å². The number of nitrogens with zero attached hydrogens (tertiary/aromatic N) is 5. The Kier molecular flexibility index (Phi) is 5.27. The number of hydrogen-bond acceptors (Lipinski definition) is 7. The first kappa shape index (κ1) is 18.9. The number of aliphatic imine (C=N–C) groups is 1. The Hall–Kier alpha value is -3.06. The SMILES string of the molecule is COc1ccc(-c2cc(CN3CCc4nc(C5=NCCCC5)ncc4C3)no2)cc1. The Morgan fingerprint density at radius 2 is 2.03 bits per heavy atom. The fraction of sp³-hybridized carbons (Fsp3) is 0.391. The highest BCUT2D eigenvalue weighted by atomic mass is 16.5. The van der Waals surface area contributed by atoms with Crippen LogP contribution in [-0.4, -0.2) is 45.9 Å². The van der Waals surface area contributed by atoms with E-state index in [0.29, 0.717) is 0 Å². The molecule has 0 saturated heterocycles. The average molecular weight is 403 g/mol. The molecule has 0 spiro atoms. The topological polar surface area (TPSA) is 76.6 Å². The fourth-order valence-corrected chi connectivity index (χ4v) is 4.04. The summed E-state index contributed by atoms with van der Waals surface area (Å²) in [6, 6.07) is 9.81. The maximum absolute atomic E-state index is 5.56. The zero-order valence-electron chi connectivity index (χ0n) is 17.2. The van der Waals surface area contributed by atoms with Gasteiger partial charge in [0.05, 0.1) is 24.2 Å². The highest BCUT2D eigenvalue weighted by Crippen LogP contribution is 2.25. The van der Waals surface area contributed by atoms with E-state index in [0.717, 1.165) is 79.0 Å². The maximum atomic E-state index is 5.56. The van der Waals surface area contributed by atoms with E-state index in [9.17, 15) is 0 Å². The first-order chi connectivity index (χ1) is 14.8. The number of rotatable bonds is 5. The molecule has 0 amide bonds. The predicted molar refractivity (Wildman–Crippen MR) is 114 cm³/mol. The first-order valence-electron chi connectivity index (χ1n) is 10.5. The second-order valence-corrected chi connectivity index (χ2v) is 7.82. The third-order valence-electron chi connectivity index (χ3n) is 5.71. The molecule has 5 rings (SSSR count). The average Bonchev–Trinajstić information content (AvgIpc) is 3.28. The summed E-state index contributed by atoms with van der Waals surface area (Å²) in [5, 5.41) is 4.27. The van der Waals surface area contributed by atoms with Crippen molar-refractivity contribution in [2.24, 2.45) is 4.99 Å². The second-order valence-electron chi connectivity index (χ2n) is 7.82. The van der Waals surface area contributed by atoms with Gasteiger partial charge in [0.1, 0.15) is 5.75 Å². The normalized spacial score (nSPS) is 16.8. The summed E-state index contributed by atoms with van der Waals surface area (Å²) >= 11 is 0. The molecule has 0 saturated carbocycles. The molecule has 4 heterocycles. The van der Waals surface area contributed by atoms with Gasteiger partial charge < -0.3 is 9.26 Å². The summed E-state index contributed by atoms with van der Waals surface area (Å²) in [6.07, 6.45) is 6.25. The minimum Gasteiger partial charge on any atom is -0.497 e. The van der Waals surface area contributed by atoms with Crippen LogP contribution >= 0.6 is 0 Å². The molecule has 0 fully saturated rings. The summed E-state index contributed by atoms with van der Waals surface area (Å²) < 4.78 is 10.8. The van der Waals surface area contributed by atoms with Crippen molar-refractivity contribution in [2.45, 2.75) is 38.8 Å². The van der Waals surface area contributed by atoms with E-state index in [-0.39, 0.29) is 0 Å². The zero-order chi connectivity index (χ0) is 20.3. The third kappa shape index (κ3) is 3.98. The van der Waals surface area contributed by atoms with Crippen LogP contribution in [0.15, 0.2) is 46.0 Å². The molecule has 7 nitrogen and oxygen atoms in total. The van der Waals surface area contributed by atoms with E-state index in [1.54, 1.807) is 7.11 Å². The largest absolute Gasteiger partial charge is 0.497 e. The van der Waals surface area contributed by atoms with Crippen LogP contribution in [0.4, 0.5) is 0 Å². The molecule has 0 N–H and O–H groups in total. The van der Waals surface area contributed by atoms with Crippen LogP contribution in [0, 0.1) is 0 Å². The van der Waals surface area contributed by atoms with Gasteiger partial charge in [0, 0.05) is 56.0 Å². The molecule has 2 aliphatic rings. The van der Waals surface area contributed by atoms with Crippen molar-refractivity contribution in [3.05, 3.63) is 59.3 Å². The molecular formula is C23H25N5O2. The van der Waals surface area contributed by atoms with Gasteiger partial charge in [0.25, 0.3) is 0 Å². The standard InChI is InChI=1S/C23H25N5O2/c1-29-19-7-5-16(6-8-19)22-12-18(27-30-22)15-28-11-9-20-17(14-28)13-25-23(26-20)21-4-2-3-10-24-21/h5-8,12-13H,2-4,9-11,14-15H2,1H3.